The molecule has 3 N–H and O–H groups in total. The van der Waals surface area contributed by atoms with E-state index in [0.29, 0.717) is 6.42 Å². The summed E-state index contributed by atoms with van der Waals surface area (Å²) in [4.78, 5) is 35.3. The normalized spacial score (nSPS) is 13.3. The predicted octanol–water partition coefficient (Wildman–Crippen LogP) is 24.0. The molecule has 0 aliphatic carbocycles. The number of ether oxygens (including phenoxy) is 2. The average molecular weight is 1210 g/mol. The minimum Gasteiger partial charge on any atom is -0.462 e. The molecule has 9 nitrogen and oxygen atoms in total. The van der Waals surface area contributed by atoms with Gasteiger partial charge in [-0.2, -0.15) is 0 Å². The van der Waals surface area contributed by atoms with Crippen molar-refractivity contribution in [1.82, 2.24) is 0 Å². The first-order chi connectivity index (χ1) is 41.8. The van der Waals surface area contributed by atoms with Gasteiger partial charge in [0.1, 0.15) is 6.61 Å². The lowest BCUT2D eigenvalue weighted by Crippen LogP contribution is -2.29. The number of nitrogens with two attached hydrogens (primary N) is 1. The van der Waals surface area contributed by atoms with Crippen LogP contribution in [0.15, 0.2) is 72.9 Å². The number of rotatable bonds is 69. The fraction of sp³-hybridized carbons (Fsp3) is 0.813. The van der Waals surface area contributed by atoms with Gasteiger partial charge in [-0.3, -0.25) is 18.6 Å². The zero-order valence-electron chi connectivity index (χ0n) is 55.8. The lowest BCUT2D eigenvalue weighted by Gasteiger charge is -2.19. The van der Waals surface area contributed by atoms with E-state index in [0.717, 1.165) is 83.5 Å². The van der Waals surface area contributed by atoms with Crippen molar-refractivity contribution in [3.05, 3.63) is 72.9 Å². The Bertz CT molecular complexity index is 1620. The number of phosphoric ester groups is 1. The fourth-order valence-corrected chi connectivity index (χ4v) is 11.5. The third kappa shape index (κ3) is 70.4. The summed E-state index contributed by atoms with van der Waals surface area (Å²) in [5, 5.41) is 0. The van der Waals surface area contributed by atoms with Crippen LogP contribution < -0.4 is 5.73 Å². The van der Waals surface area contributed by atoms with E-state index in [4.69, 9.17) is 24.3 Å². The standard InChI is InChI=1S/C75H138NO8P/c1-3-5-7-9-11-13-15-17-19-21-23-25-27-28-29-30-31-32-33-34-35-36-37-38-39-40-41-42-43-44-46-47-49-51-53-55-57-59-61-63-65-67-74(77)81-71-73(72-83-85(79,80)82-70-69-76)84-75(78)68-66-64-62-60-58-56-54-52-50-48-45-26-24-22-20-18-16-14-12-10-8-6-4-2/h6,8,12,14,18,20,24,26,48,50,54,56,73H,3-5,7,9-11,13,15-17,19,21-23,25,27-47,49,51-53,55,57-72,76H2,1-2H3,(H,79,80)/b8-6-,14-12-,20-18-,26-24-,50-48-,56-54-. The monoisotopic (exact) mass is 1210 g/mol. The molecule has 2 atom stereocenters. The van der Waals surface area contributed by atoms with E-state index in [1.165, 1.54) is 244 Å². The predicted molar refractivity (Wildman–Crippen MR) is 367 cm³/mol. The molecule has 0 amide bonds. The van der Waals surface area contributed by atoms with E-state index in [1.807, 2.05) is 0 Å². The molecule has 2 unspecified atom stereocenters. The molecule has 0 aliphatic heterocycles. The maximum absolute atomic E-state index is 12.7. The Balaban J connectivity index is 3.78. The van der Waals surface area contributed by atoms with Crippen LogP contribution in [0, 0.1) is 0 Å². The number of allylic oxidation sites excluding steroid dienone is 12. The summed E-state index contributed by atoms with van der Waals surface area (Å²) in [6, 6.07) is 0. The number of hydrogen-bond acceptors (Lipinski definition) is 8. The molecule has 0 saturated heterocycles. The maximum atomic E-state index is 12.7. The zero-order chi connectivity index (χ0) is 61.6. The minimum absolute atomic E-state index is 0.0468. The van der Waals surface area contributed by atoms with E-state index in [9.17, 15) is 19.0 Å². The maximum Gasteiger partial charge on any atom is 0.472 e. The van der Waals surface area contributed by atoms with Crippen LogP contribution in [0.1, 0.15) is 361 Å². The topological polar surface area (TPSA) is 134 Å². The lowest BCUT2D eigenvalue weighted by atomic mass is 10.0. The highest BCUT2D eigenvalue weighted by atomic mass is 31.2. The first-order valence-corrected chi connectivity index (χ1v) is 37.9. The molecule has 10 heteroatoms. The molecule has 0 saturated carbocycles. The second kappa shape index (κ2) is 70.5. The van der Waals surface area contributed by atoms with E-state index in [1.54, 1.807) is 0 Å². The average Bonchev–Trinajstić information content (AvgIpc) is 3.52. The van der Waals surface area contributed by atoms with E-state index in [2.05, 4.69) is 86.8 Å². The molecule has 0 radical (unpaired) electrons. The molecule has 0 aliphatic rings. The molecule has 0 bridgehead atoms. The molecular formula is C75H138NO8P. The smallest absolute Gasteiger partial charge is 0.462 e. The Hall–Kier alpha value is -2.55. The van der Waals surface area contributed by atoms with E-state index >= 15 is 0 Å². The summed E-state index contributed by atoms with van der Waals surface area (Å²) in [6.07, 6.45) is 93.2. The van der Waals surface area contributed by atoms with Gasteiger partial charge < -0.3 is 20.1 Å². The molecule has 85 heavy (non-hydrogen) atoms. The highest BCUT2D eigenvalue weighted by Crippen LogP contribution is 2.43. The first kappa shape index (κ1) is 82.5. The third-order valence-electron chi connectivity index (χ3n) is 16.1. The molecule has 0 aromatic carbocycles. The van der Waals surface area contributed by atoms with Crippen LogP contribution in [0.2, 0.25) is 0 Å². The second-order valence-corrected chi connectivity index (χ2v) is 25.9. The number of unbranched alkanes of at least 4 members (excludes halogenated alkanes) is 44. The molecular weight excluding hydrogens is 1070 g/mol. The van der Waals surface area contributed by atoms with Crippen LogP contribution in [0.5, 0.6) is 0 Å². The molecule has 0 rings (SSSR count). The van der Waals surface area contributed by atoms with Crippen molar-refractivity contribution in [2.75, 3.05) is 26.4 Å². The summed E-state index contributed by atoms with van der Waals surface area (Å²) in [6.45, 7) is 3.64. The van der Waals surface area contributed by atoms with Crippen LogP contribution in [0.25, 0.3) is 0 Å². The van der Waals surface area contributed by atoms with Crippen LogP contribution in [0.4, 0.5) is 0 Å². The zero-order valence-corrected chi connectivity index (χ0v) is 56.7. The van der Waals surface area contributed by atoms with Crippen molar-refractivity contribution in [3.63, 3.8) is 0 Å². The van der Waals surface area contributed by atoms with Crippen molar-refractivity contribution in [2.24, 2.45) is 5.73 Å². The number of hydrogen-bond donors (Lipinski definition) is 2. The van der Waals surface area contributed by atoms with Crippen molar-refractivity contribution < 1.29 is 37.6 Å². The highest BCUT2D eigenvalue weighted by Gasteiger charge is 2.26. The van der Waals surface area contributed by atoms with Crippen molar-refractivity contribution in [2.45, 2.75) is 367 Å². The Kier molecular flexibility index (Phi) is 68.4. The van der Waals surface area contributed by atoms with Crippen LogP contribution >= 0.6 is 7.82 Å². The largest absolute Gasteiger partial charge is 0.472 e. The SMILES string of the molecule is CC/C=C\C/C=C\C/C=C\C/C=C\C/C=C\C/C=C\CCCCCCC(=O)OC(COC(=O)CCCCCCCCCCCCCCCCCCCCCCCCCCCCCCCCCCCCCCCCCCC)COP(=O)(O)OCCN. The Morgan fingerprint density at radius 1 is 0.365 bits per heavy atom. The minimum atomic E-state index is -4.40. The van der Waals surface area contributed by atoms with Gasteiger partial charge in [-0.1, -0.05) is 356 Å². The van der Waals surface area contributed by atoms with Gasteiger partial charge in [-0.15, -0.1) is 0 Å². The van der Waals surface area contributed by atoms with Crippen molar-refractivity contribution in [1.29, 1.82) is 0 Å². The number of phosphoric acid groups is 1. The van der Waals surface area contributed by atoms with Crippen LogP contribution in [0.3, 0.4) is 0 Å². The van der Waals surface area contributed by atoms with Gasteiger partial charge in [-0.05, 0) is 64.2 Å². The molecule has 0 aromatic heterocycles. The summed E-state index contributed by atoms with van der Waals surface area (Å²) in [5.41, 5.74) is 5.40. The van der Waals surface area contributed by atoms with Crippen molar-refractivity contribution in [3.8, 4) is 0 Å². The Morgan fingerprint density at radius 3 is 0.965 bits per heavy atom. The molecule has 0 spiro atoms. The Labute approximate surface area is 526 Å². The lowest BCUT2D eigenvalue weighted by molar-refractivity contribution is -0.161. The quantitative estimate of drug-likeness (QED) is 0.0264. The Morgan fingerprint density at radius 2 is 0.647 bits per heavy atom. The number of esters is 2. The molecule has 0 aromatic rings. The highest BCUT2D eigenvalue weighted by molar-refractivity contribution is 7.47. The van der Waals surface area contributed by atoms with Gasteiger partial charge in [0.25, 0.3) is 0 Å². The van der Waals surface area contributed by atoms with Gasteiger partial charge in [0, 0.05) is 19.4 Å². The van der Waals surface area contributed by atoms with Gasteiger partial charge in [-0.25, -0.2) is 4.57 Å². The second-order valence-electron chi connectivity index (χ2n) is 24.4. The van der Waals surface area contributed by atoms with Crippen LogP contribution in [-0.4, -0.2) is 49.3 Å². The van der Waals surface area contributed by atoms with E-state index < -0.39 is 26.5 Å². The third-order valence-corrected chi connectivity index (χ3v) is 17.1. The first-order valence-electron chi connectivity index (χ1n) is 36.4. The van der Waals surface area contributed by atoms with Gasteiger partial charge in [0.2, 0.25) is 0 Å². The molecule has 496 valence electrons. The molecule has 0 fully saturated rings. The van der Waals surface area contributed by atoms with Gasteiger partial charge >= 0.3 is 19.8 Å². The van der Waals surface area contributed by atoms with E-state index in [-0.39, 0.29) is 38.6 Å². The summed E-state index contributed by atoms with van der Waals surface area (Å²) >= 11 is 0. The molecule has 0 heterocycles. The summed E-state index contributed by atoms with van der Waals surface area (Å²) < 4.78 is 33.1. The van der Waals surface area contributed by atoms with Gasteiger partial charge in [0.15, 0.2) is 6.10 Å². The van der Waals surface area contributed by atoms with Gasteiger partial charge in [0.05, 0.1) is 13.2 Å². The fourth-order valence-electron chi connectivity index (χ4n) is 10.8. The number of carbonyl (C=O) groups is 2. The number of carbonyl (C=O) groups excluding carboxylic acids is 2. The summed E-state index contributed by atoms with van der Waals surface area (Å²) in [7, 11) is -4.40. The van der Waals surface area contributed by atoms with Crippen molar-refractivity contribution >= 4 is 19.8 Å². The van der Waals surface area contributed by atoms with Crippen LogP contribution in [-0.2, 0) is 32.7 Å². The summed E-state index contributed by atoms with van der Waals surface area (Å²) in [5.74, 6) is -0.847.